The molecule has 0 spiro atoms. The molecule has 1 saturated carbocycles. The van der Waals surface area contributed by atoms with Crippen LogP contribution in [-0.2, 0) is 18.5 Å². The van der Waals surface area contributed by atoms with E-state index in [0.29, 0.717) is 0 Å². The Bertz CT molecular complexity index is 2260. The van der Waals surface area contributed by atoms with Crippen molar-refractivity contribution in [3.05, 3.63) is 145 Å². The molecule has 2 nitrogen and oxygen atoms in total. The number of aromatic nitrogens is 2. The first-order chi connectivity index (χ1) is 23.7. The number of aryl methyl sites for hydroxylation is 2. The van der Waals surface area contributed by atoms with Crippen LogP contribution in [0.15, 0.2) is 133 Å². The quantitative estimate of drug-likeness (QED) is 0.175. The number of benzene rings is 6. The minimum atomic E-state index is 0.0618. The second kappa shape index (κ2) is 11.6. The fourth-order valence-corrected chi connectivity index (χ4v) is 9.01. The van der Waals surface area contributed by atoms with Crippen LogP contribution in [0.4, 0.5) is 0 Å². The Hall–Kier alpha value is -5.08. The van der Waals surface area contributed by atoms with Gasteiger partial charge in [0.25, 0.3) is 0 Å². The molecule has 2 heteroatoms. The monoisotopic (exact) mass is 622 g/mol. The van der Waals surface area contributed by atoms with Crippen molar-refractivity contribution >= 4 is 43.6 Å². The first-order valence-corrected chi connectivity index (χ1v) is 17.9. The molecule has 0 radical (unpaired) electrons. The van der Waals surface area contributed by atoms with Gasteiger partial charge in [-0.25, -0.2) is 0 Å². The second-order valence-corrected chi connectivity index (χ2v) is 13.8. The van der Waals surface area contributed by atoms with Gasteiger partial charge in [0.15, 0.2) is 0 Å². The molecule has 0 N–H and O–H groups in total. The van der Waals surface area contributed by atoms with Crippen molar-refractivity contribution in [2.24, 2.45) is 0 Å². The molecular weight excluding hydrogens is 581 g/mol. The second-order valence-electron chi connectivity index (χ2n) is 13.8. The van der Waals surface area contributed by atoms with Crippen molar-refractivity contribution in [2.45, 2.75) is 64.5 Å². The van der Waals surface area contributed by atoms with Gasteiger partial charge in [-0.05, 0) is 96.5 Å². The van der Waals surface area contributed by atoms with Crippen LogP contribution < -0.4 is 0 Å². The highest BCUT2D eigenvalue weighted by atomic mass is 15.0. The average Bonchev–Trinajstić information content (AvgIpc) is 3.66. The largest absolute Gasteiger partial charge is 0.341 e. The Labute approximate surface area is 283 Å². The van der Waals surface area contributed by atoms with Gasteiger partial charge in [0, 0.05) is 62.1 Å². The van der Waals surface area contributed by atoms with E-state index < -0.39 is 0 Å². The highest BCUT2D eigenvalue weighted by Crippen LogP contribution is 2.46. The summed E-state index contributed by atoms with van der Waals surface area (Å²) in [6.45, 7) is 6.42. The molecule has 9 rings (SSSR count). The van der Waals surface area contributed by atoms with Crippen LogP contribution in [0.2, 0.25) is 0 Å². The third kappa shape index (κ3) is 4.46. The Morgan fingerprint density at radius 2 is 0.812 bits per heavy atom. The summed E-state index contributed by atoms with van der Waals surface area (Å²) in [5.41, 5.74) is 13.4. The number of fused-ring (bicyclic) bond motifs is 6. The molecule has 0 saturated heterocycles. The van der Waals surface area contributed by atoms with Crippen LogP contribution >= 0.6 is 0 Å². The molecule has 2 heterocycles. The SMILES string of the molecule is CCn1c2ccccc2c2cc(-c3ccc(C4(c5ccc(-c6ccc7c(c6)c6ccccc6n7CC)cc5)CCCCC4)cc3)ccc21. The van der Waals surface area contributed by atoms with E-state index in [1.54, 1.807) is 0 Å². The summed E-state index contributed by atoms with van der Waals surface area (Å²) in [5, 5.41) is 5.36. The maximum Gasteiger partial charge on any atom is 0.0491 e. The van der Waals surface area contributed by atoms with E-state index in [-0.39, 0.29) is 5.41 Å². The van der Waals surface area contributed by atoms with Crippen LogP contribution in [0, 0.1) is 0 Å². The van der Waals surface area contributed by atoms with Gasteiger partial charge in [0.1, 0.15) is 0 Å². The zero-order valence-corrected chi connectivity index (χ0v) is 28.0. The number of rotatable bonds is 6. The molecule has 1 aliphatic rings. The van der Waals surface area contributed by atoms with E-state index in [2.05, 4.69) is 156 Å². The summed E-state index contributed by atoms with van der Waals surface area (Å²) in [7, 11) is 0. The van der Waals surface area contributed by atoms with E-state index in [1.165, 1.54) is 109 Å². The van der Waals surface area contributed by atoms with E-state index in [9.17, 15) is 0 Å². The molecule has 0 bridgehead atoms. The first-order valence-electron chi connectivity index (χ1n) is 17.9. The molecule has 8 aromatic rings. The predicted molar refractivity (Wildman–Crippen MR) is 205 cm³/mol. The van der Waals surface area contributed by atoms with Crippen LogP contribution in [0.3, 0.4) is 0 Å². The lowest BCUT2D eigenvalue weighted by Crippen LogP contribution is -2.30. The molecule has 0 aliphatic heterocycles. The Morgan fingerprint density at radius 3 is 1.25 bits per heavy atom. The molecule has 48 heavy (non-hydrogen) atoms. The van der Waals surface area contributed by atoms with Gasteiger partial charge < -0.3 is 9.13 Å². The Balaban J connectivity index is 1.06. The van der Waals surface area contributed by atoms with Crippen molar-refractivity contribution in [2.75, 3.05) is 0 Å². The van der Waals surface area contributed by atoms with Crippen molar-refractivity contribution in [3.8, 4) is 22.3 Å². The highest BCUT2D eigenvalue weighted by Gasteiger charge is 2.35. The molecule has 0 atom stereocenters. The number of nitrogens with zero attached hydrogens (tertiary/aromatic N) is 2. The fraction of sp³-hybridized carbons (Fsp3) is 0.217. The summed E-state index contributed by atoms with van der Waals surface area (Å²) < 4.78 is 4.86. The van der Waals surface area contributed by atoms with Gasteiger partial charge in [0.2, 0.25) is 0 Å². The molecule has 1 fully saturated rings. The smallest absolute Gasteiger partial charge is 0.0491 e. The third-order valence-electron chi connectivity index (χ3n) is 11.4. The standard InChI is InChI=1S/C46H42N2/c1-3-47-42-14-8-6-12-38(42)40-30-34(20-26-44(40)47)32-16-22-36(23-17-32)46(28-10-5-11-29-46)37-24-18-33(19-25-37)35-21-27-45-41(31-35)39-13-7-9-15-43(39)48(45)4-2/h6-9,12-27,30-31H,3-5,10-11,28-29H2,1-2H3. The zero-order valence-electron chi connectivity index (χ0n) is 28.0. The number of hydrogen-bond acceptors (Lipinski definition) is 0. The first kappa shape index (κ1) is 29.1. The molecule has 0 unspecified atom stereocenters. The Kier molecular flexibility index (Phi) is 7.01. The van der Waals surface area contributed by atoms with Gasteiger partial charge in [-0.3, -0.25) is 0 Å². The topological polar surface area (TPSA) is 9.86 Å². The molecule has 6 aromatic carbocycles. The number of para-hydroxylation sites is 2. The Morgan fingerprint density at radius 1 is 0.417 bits per heavy atom. The maximum atomic E-state index is 2.43. The van der Waals surface area contributed by atoms with E-state index in [4.69, 9.17) is 0 Å². The van der Waals surface area contributed by atoms with Gasteiger partial charge in [-0.2, -0.15) is 0 Å². The number of hydrogen-bond donors (Lipinski definition) is 0. The predicted octanol–water partition coefficient (Wildman–Crippen LogP) is 12.5. The molecule has 1 aliphatic carbocycles. The minimum Gasteiger partial charge on any atom is -0.341 e. The third-order valence-corrected chi connectivity index (χ3v) is 11.4. The van der Waals surface area contributed by atoms with Crippen molar-refractivity contribution in [3.63, 3.8) is 0 Å². The lowest BCUT2D eigenvalue weighted by atomic mass is 9.65. The van der Waals surface area contributed by atoms with E-state index in [0.717, 1.165) is 13.1 Å². The summed E-state index contributed by atoms with van der Waals surface area (Å²) in [5.74, 6) is 0. The fourth-order valence-electron chi connectivity index (χ4n) is 9.01. The summed E-state index contributed by atoms with van der Waals surface area (Å²) >= 11 is 0. The summed E-state index contributed by atoms with van der Waals surface area (Å²) in [6, 6.07) is 50.8. The lowest BCUT2D eigenvalue weighted by Gasteiger charge is -2.39. The van der Waals surface area contributed by atoms with E-state index in [1.807, 2.05) is 0 Å². The van der Waals surface area contributed by atoms with Gasteiger partial charge >= 0.3 is 0 Å². The summed E-state index contributed by atoms with van der Waals surface area (Å²) in [6.07, 6.45) is 6.29. The van der Waals surface area contributed by atoms with E-state index >= 15 is 0 Å². The van der Waals surface area contributed by atoms with Crippen molar-refractivity contribution in [1.29, 1.82) is 0 Å². The van der Waals surface area contributed by atoms with Crippen molar-refractivity contribution in [1.82, 2.24) is 9.13 Å². The minimum absolute atomic E-state index is 0.0618. The maximum absolute atomic E-state index is 2.43. The van der Waals surface area contributed by atoms with Gasteiger partial charge in [0.05, 0.1) is 0 Å². The van der Waals surface area contributed by atoms with Crippen LogP contribution in [0.5, 0.6) is 0 Å². The molecule has 2 aromatic heterocycles. The molecular formula is C46H42N2. The molecule has 0 amide bonds. The van der Waals surface area contributed by atoms with Crippen LogP contribution in [-0.4, -0.2) is 9.13 Å². The average molecular weight is 623 g/mol. The van der Waals surface area contributed by atoms with Gasteiger partial charge in [-0.1, -0.05) is 116 Å². The lowest BCUT2D eigenvalue weighted by molar-refractivity contribution is 0.346. The zero-order chi connectivity index (χ0) is 32.2. The normalized spacial score (nSPS) is 14.8. The van der Waals surface area contributed by atoms with Crippen LogP contribution in [0.1, 0.15) is 57.1 Å². The summed E-state index contributed by atoms with van der Waals surface area (Å²) in [4.78, 5) is 0. The van der Waals surface area contributed by atoms with Crippen molar-refractivity contribution < 1.29 is 0 Å². The van der Waals surface area contributed by atoms with Crippen LogP contribution in [0.25, 0.3) is 65.9 Å². The molecule has 236 valence electrons. The van der Waals surface area contributed by atoms with Gasteiger partial charge in [-0.15, -0.1) is 0 Å². The highest BCUT2D eigenvalue weighted by molar-refractivity contribution is 6.10.